The first-order valence-corrected chi connectivity index (χ1v) is 14.5. The van der Waals surface area contributed by atoms with Crippen LogP contribution in [-0.4, -0.2) is 48.2 Å². The molecule has 1 aromatic heterocycles. The van der Waals surface area contributed by atoms with E-state index in [2.05, 4.69) is 10.2 Å². The summed E-state index contributed by atoms with van der Waals surface area (Å²) in [6, 6.07) is 17.5. The molecule has 12 heteroatoms. The zero-order chi connectivity index (χ0) is 29.3. The number of ketones is 1. The lowest BCUT2D eigenvalue weighted by Gasteiger charge is -2.23. The van der Waals surface area contributed by atoms with Gasteiger partial charge in [-0.1, -0.05) is 65.0 Å². The largest absolute Gasteiger partial charge is 0.507 e. The van der Waals surface area contributed by atoms with E-state index in [0.29, 0.717) is 20.7 Å². The summed E-state index contributed by atoms with van der Waals surface area (Å²) in [6.45, 7) is 0. The molecular formula is C29H24ClFN4O4S2. The number of methoxy groups -OCH3 is 1. The number of benzene rings is 3. The lowest BCUT2D eigenvalue weighted by Crippen LogP contribution is -2.29. The highest BCUT2D eigenvalue weighted by atomic mass is 35.5. The predicted molar refractivity (Wildman–Crippen MR) is 159 cm³/mol. The third-order valence-electron chi connectivity index (χ3n) is 6.51. The monoisotopic (exact) mass is 610 g/mol. The summed E-state index contributed by atoms with van der Waals surface area (Å²) in [5, 5.41) is 20.6. The Labute approximate surface area is 249 Å². The van der Waals surface area contributed by atoms with Crippen LogP contribution in [0.3, 0.4) is 0 Å². The van der Waals surface area contributed by atoms with Crippen LogP contribution in [0.4, 0.5) is 15.2 Å². The Balaban J connectivity index is 1.56. The predicted octanol–water partition coefficient (Wildman–Crippen LogP) is 6.32. The van der Waals surface area contributed by atoms with Crippen molar-refractivity contribution < 1.29 is 23.8 Å². The van der Waals surface area contributed by atoms with Crippen molar-refractivity contribution in [3.05, 3.63) is 99.8 Å². The third-order valence-corrected chi connectivity index (χ3v) is 8.98. The highest BCUT2D eigenvalue weighted by molar-refractivity contribution is 8.00. The van der Waals surface area contributed by atoms with Crippen LogP contribution in [0.5, 0.6) is 5.75 Å². The van der Waals surface area contributed by atoms with Gasteiger partial charge in [0.25, 0.3) is 5.78 Å². The average Bonchev–Trinajstić information content (AvgIpc) is 3.54. The van der Waals surface area contributed by atoms with Crippen LogP contribution in [0.25, 0.3) is 5.76 Å². The number of hydrogen-bond donors (Lipinski definition) is 1. The molecule has 0 radical (unpaired) electrons. The number of aliphatic hydroxyl groups excluding tert-OH is 1. The number of carbonyl (C=O) groups is 2. The zero-order valence-electron chi connectivity index (χ0n) is 22.2. The molecule has 1 fully saturated rings. The number of thioether (sulfide) groups is 1. The van der Waals surface area contributed by atoms with Crippen LogP contribution in [0.1, 0.15) is 22.7 Å². The van der Waals surface area contributed by atoms with Gasteiger partial charge in [-0.15, -0.1) is 10.2 Å². The van der Waals surface area contributed by atoms with Gasteiger partial charge in [0.2, 0.25) is 5.13 Å². The Bertz CT molecular complexity index is 1660. The van der Waals surface area contributed by atoms with Crippen molar-refractivity contribution in [1.82, 2.24) is 10.2 Å². The van der Waals surface area contributed by atoms with E-state index in [-0.39, 0.29) is 22.0 Å². The number of ether oxygens (including phenoxy) is 1. The standard InChI is InChI=1S/C29H24ClFN4O4S2/c1-34(2)19-11-8-16(9-12-19)24-23(25(36)17-10-13-22(39-3)21(31)14-17)26(37)27(38)35(24)28-32-33-29(41-28)40-15-18-6-4-5-7-20(18)30/h4-14,24,36H,15H2,1-3H3/t24-/m1/s1. The fourth-order valence-corrected chi connectivity index (χ4v) is 6.54. The van der Waals surface area contributed by atoms with Gasteiger partial charge in [0.1, 0.15) is 5.76 Å². The van der Waals surface area contributed by atoms with Gasteiger partial charge in [0.05, 0.1) is 18.7 Å². The second-order valence-electron chi connectivity index (χ2n) is 9.24. The van der Waals surface area contributed by atoms with Crippen LogP contribution in [-0.2, 0) is 15.3 Å². The lowest BCUT2D eigenvalue weighted by molar-refractivity contribution is -0.132. The summed E-state index contributed by atoms with van der Waals surface area (Å²) in [4.78, 5) is 30.0. The summed E-state index contributed by atoms with van der Waals surface area (Å²) in [5.41, 5.74) is 2.23. The molecule has 4 aromatic rings. The smallest absolute Gasteiger partial charge is 0.301 e. The topological polar surface area (TPSA) is 95.9 Å². The molecule has 0 unspecified atom stereocenters. The van der Waals surface area contributed by atoms with E-state index in [0.717, 1.165) is 28.7 Å². The average molecular weight is 611 g/mol. The molecule has 8 nitrogen and oxygen atoms in total. The van der Waals surface area contributed by atoms with E-state index >= 15 is 0 Å². The molecule has 3 aromatic carbocycles. The number of hydrogen-bond acceptors (Lipinski definition) is 9. The number of aliphatic hydroxyl groups is 1. The SMILES string of the molecule is COc1ccc(C(O)=C2C(=O)C(=O)N(c3nnc(SCc4ccccc4Cl)s3)[C@@H]2c2ccc(N(C)C)cc2)cc1F. The number of rotatable bonds is 8. The zero-order valence-corrected chi connectivity index (χ0v) is 24.6. The molecule has 2 heterocycles. The number of aromatic nitrogens is 2. The first-order valence-electron chi connectivity index (χ1n) is 12.3. The maximum Gasteiger partial charge on any atom is 0.301 e. The van der Waals surface area contributed by atoms with Crippen molar-refractivity contribution in [1.29, 1.82) is 0 Å². The molecule has 41 heavy (non-hydrogen) atoms. The Morgan fingerprint density at radius 1 is 1.12 bits per heavy atom. The van der Waals surface area contributed by atoms with Crippen molar-refractivity contribution in [3.8, 4) is 5.75 Å². The van der Waals surface area contributed by atoms with E-state index in [1.54, 1.807) is 18.2 Å². The number of halogens is 2. The molecule has 1 saturated heterocycles. The highest BCUT2D eigenvalue weighted by Crippen LogP contribution is 2.44. The fraction of sp³-hybridized carbons (Fsp3) is 0.172. The summed E-state index contributed by atoms with van der Waals surface area (Å²) in [5.74, 6) is -2.50. The van der Waals surface area contributed by atoms with Gasteiger partial charge in [0, 0.05) is 36.1 Å². The Morgan fingerprint density at radius 2 is 1.85 bits per heavy atom. The van der Waals surface area contributed by atoms with Crippen molar-refractivity contribution in [2.24, 2.45) is 0 Å². The molecular weight excluding hydrogens is 587 g/mol. The van der Waals surface area contributed by atoms with E-state index < -0.39 is 29.3 Å². The van der Waals surface area contributed by atoms with Gasteiger partial charge in [-0.25, -0.2) is 4.39 Å². The second kappa shape index (κ2) is 11.9. The van der Waals surface area contributed by atoms with E-state index in [9.17, 15) is 19.1 Å². The minimum absolute atomic E-state index is 0.0199. The van der Waals surface area contributed by atoms with Crippen molar-refractivity contribution in [2.45, 2.75) is 16.1 Å². The molecule has 1 N–H and O–H groups in total. The van der Waals surface area contributed by atoms with Gasteiger partial charge >= 0.3 is 5.91 Å². The number of nitrogens with zero attached hydrogens (tertiary/aromatic N) is 4. The number of carbonyl (C=O) groups excluding carboxylic acids is 2. The van der Waals surface area contributed by atoms with Crippen molar-refractivity contribution in [2.75, 3.05) is 31.0 Å². The Morgan fingerprint density at radius 3 is 2.51 bits per heavy atom. The van der Waals surface area contributed by atoms with Crippen LogP contribution < -0.4 is 14.5 Å². The molecule has 1 atom stereocenters. The molecule has 210 valence electrons. The molecule has 1 aliphatic heterocycles. The molecule has 0 saturated carbocycles. The lowest BCUT2D eigenvalue weighted by atomic mass is 9.95. The first kappa shape index (κ1) is 28.6. The maximum atomic E-state index is 14.5. The third kappa shape index (κ3) is 5.65. The van der Waals surface area contributed by atoms with Gasteiger partial charge in [-0.3, -0.25) is 14.5 Å². The van der Waals surface area contributed by atoms with Crippen LogP contribution in [0.15, 0.2) is 76.6 Å². The minimum atomic E-state index is -1.02. The van der Waals surface area contributed by atoms with E-state index in [1.165, 1.54) is 35.9 Å². The summed E-state index contributed by atoms with van der Waals surface area (Å²) >= 11 is 8.82. The summed E-state index contributed by atoms with van der Waals surface area (Å²) in [7, 11) is 5.11. The van der Waals surface area contributed by atoms with Crippen molar-refractivity contribution >= 4 is 63.0 Å². The molecule has 0 aliphatic carbocycles. The molecule has 0 spiro atoms. The van der Waals surface area contributed by atoms with E-state index in [4.69, 9.17) is 16.3 Å². The summed E-state index contributed by atoms with van der Waals surface area (Å²) in [6.07, 6.45) is 0. The summed E-state index contributed by atoms with van der Waals surface area (Å²) < 4.78 is 20.1. The highest BCUT2D eigenvalue weighted by Gasteiger charge is 2.48. The number of Topliss-reactive ketones (excluding diaryl/α,β-unsaturated/α-hetero) is 1. The molecule has 1 amide bonds. The van der Waals surface area contributed by atoms with Gasteiger partial charge in [-0.2, -0.15) is 0 Å². The fourth-order valence-electron chi connectivity index (χ4n) is 4.38. The quantitative estimate of drug-likeness (QED) is 0.0814. The van der Waals surface area contributed by atoms with Gasteiger partial charge < -0.3 is 14.7 Å². The Kier molecular flexibility index (Phi) is 8.30. The van der Waals surface area contributed by atoms with Crippen LogP contribution >= 0.6 is 34.7 Å². The van der Waals surface area contributed by atoms with E-state index in [1.807, 2.05) is 49.3 Å². The molecule has 5 rings (SSSR count). The first-order chi connectivity index (χ1) is 19.7. The normalized spacial score (nSPS) is 16.3. The van der Waals surface area contributed by atoms with Crippen LogP contribution in [0, 0.1) is 5.82 Å². The second-order valence-corrected chi connectivity index (χ2v) is 11.8. The Hall–Kier alpha value is -3.93. The van der Waals surface area contributed by atoms with Gasteiger partial charge in [-0.05, 0) is 47.5 Å². The molecule has 1 aliphatic rings. The van der Waals surface area contributed by atoms with Gasteiger partial charge in [0.15, 0.2) is 15.9 Å². The number of anilines is 2. The maximum absolute atomic E-state index is 14.5. The molecule has 0 bridgehead atoms. The minimum Gasteiger partial charge on any atom is -0.507 e. The van der Waals surface area contributed by atoms with Crippen LogP contribution in [0.2, 0.25) is 5.02 Å². The van der Waals surface area contributed by atoms with Crippen molar-refractivity contribution in [3.63, 3.8) is 0 Å². The number of amides is 1.